The lowest BCUT2D eigenvalue weighted by Crippen LogP contribution is -2.44. The lowest BCUT2D eigenvalue weighted by molar-refractivity contribution is -0.139. The number of hydrogen-bond acceptors (Lipinski definition) is 4. The molecule has 6 heteroatoms. The first-order chi connectivity index (χ1) is 9.17. The van der Waals surface area contributed by atoms with Crippen LogP contribution in [0, 0.1) is 6.92 Å². The number of aliphatic carboxylic acids is 1. The number of nitrogens with one attached hydrogen (secondary N) is 1. The van der Waals surface area contributed by atoms with Gasteiger partial charge in [-0.3, -0.25) is 4.98 Å². The van der Waals surface area contributed by atoms with Crippen LogP contribution >= 0.6 is 0 Å². The SMILES string of the molecule is Cc1cc(CC(NC(=O)OC(C)(C)C)C(=O)O)ccn1. The van der Waals surface area contributed by atoms with Crippen LogP contribution in [0.1, 0.15) is 32.0 Å². The maximum absolute atomic E-state index is 11.6. The maximum atomic E-state index is 11.6. The number of aryl methyl sites for hydroxylation is 1. The number of carboxylic acid groups (broad SMARTS) is 1. The second kappa shape index (κ2) is 6.36. The fourth-order valence-corrected chi connectivity index (χ4v) is 1.62. The first-order valence-corrected chi connectivity index (χ1v) is 6.31. The zero-order valence-corrected chi connectivity index (χ0v) is 12.1. The van der Waals surface area contributed by atoms with Gasteiger partial charge in [0.2, 0.25) is 0 Å². The molecule has 1 aromatic heterocycles. The molecule has 1 rings (SSSR count). The van der Waals surface area contributed by atoms with Crippen molar-refractivity contribution >= 4 is 12.1 Å². The minimum Gasteiger partial charge on any atom is -0.480 e. The fraction of sp³-hybridized carbons (Fsp3) is 0.500. The van der Waals surface area contributed by atoms with Gasteiger partial charge in [0.05, 0.1) is 0 Å². The monoisotopic (exact) mass is 280 g/mol. The van der Waals surface area contributed by atoms with Gasteiger partial charge in [0.25, 0.3) is 0 Å². The third kappa shape index (κ3) is 5.69. The molecule has 0 aliphatic carbocycles. The largest absolute Gasteiger partial charge is 0.480 e. The molecule has 0 saturated carbocycles. The Balaban J connectivity index is 2.71. The van der Waals surface area contributed by atoms with Gasteiger partial charge in [-0.05, 0) is 45.4 Å². The van der Waals surface area contributed by atoms with E-state index in [2.05, 4.69) is 10.3 Å². The van der Waals surface area contributed by atoms with Crippen molar-refractivity contribution in [3.63, 3.8) is 0 Å². The number of aromatic nitrogens is 1. The van der Waals surface area contributed by atoms with Gasteiger partial charge in [-0.2, -0.15) is 0 Å². The molecule has 0 aliphatic rings. The molecular formula is C14H20N2O4. The van der Waals surface area contributed by atoms with Crippen LogP contribution in [0.3, 0.4) is 0 Å². The van der Waals surface area contributed by atoms with Crippen molar-refractivity contribution in [2.75, 3.05) is 0 Å². The molecule has 0 saturated heterocycles. The van der Waals surface area contributed by atoms with Gasteiger partial charge in [0, 0.05) is 18.3 Å². The number of alkyl carbamates (subject to hydrolysis) is 1. The highest BCUT2D eigenvalue weighted by Crippen LogP contribution is 2.09. The third-order valence-electron chi connectivity index (χ3n) is 2.39. The predicted molar refractivity (Wildman–Crippen MR) is 73.5 cm³/mol. The predicted octanol–water partition coefficient (Wildman–Crippen LogP) is 1.91. The molecule has 110 valence electrons. The standard InChI is InChI=1S/C14H20N2O4/c1-9-7-10(5-6-15-9)8-11(12(17)18)16-13(19)20-14(2,3)4/h5-7,11H,8H2,1-4H3,(H,16,19)(H,17,18). The number of pyridine rings is 1. The average Bonchev–Trinajstić information content (AvgIpc) is 2.25. The van der Waals surface area contributed by atoms with Gasteiger partial charge >= 0.3 is 12.1 Å². The van der Waals surface area contributed by atoms with Gasteiger partial charge in [-0.25, -0.2) is 9.59 Å². The highest BCUT2D eigenvalue weighted by Gasteiger charge is 2.24. The molecule has 0 fully saturated rings. The van der Waals surface area contributed by atoms with E-state index in [-0.39, 0.29) is 6.42 Å². The summed E-state index contributed by atoms with van der Waals surface area (Å²) in [5, 5.41) is 11.5. The Morgan fingerprint density at radius 1 is 1.45 bits per heavy atom. The van der Waals surface area contributed by atoms with E-state index < -0.39 is 23.7 Å². The van der Waals surface area contributed by atoms with Crippen LogP contribution in [0.4, 0.5) is 4.79 Å². The average molecular weight is 280 g/mol. The molecule has 1 aromatic rings. The minimum absolute atomic E-state index is 0.179. The first kappa shape index (κ1) is 15.9. The molecule has 1 heterocycles. The van der Waals surface area contributed by atoms with Crippen LogP contribution in [0.5, 0.6) is 0 Å². The molecule has 2 N–H and O–H groups in total. The van der Waals surface area contributed by atoms with Gasteiger partial charge in [0.15, 0.2) is 0 Å². The number of carbonyl (C=O) groups excluding carboxylic acids is 1. The second-order valence-corrected chi connectivity index (χ2v) is 5.55. The smallest absolute Gasteiger partial charge is 0.408 e. The van der Waals surface area contributed by atoms with Crippen molar-refractivity contribution in [1.82, 2.24) is 10.3 Å². The lowest BCUT2D eigenvalue weighted by atomic mass is 10.1. The number of hydrogen-bond donors (Lipinski definition) is 2. The third-order valence-corrected chi connectivity index (χ3v) is 2.39. The van der Waals surface area contributed by atoms with E-state index in [9.17, 15) is 9.59 Å². The fourth-order valence-electron chi connectivity index (χ4n) is 1.62. The molecule has 1 amide bonds. The van der Waals surface area contributed by atoms with Gasteiger partial charge in [-0.15, -0.1) is 0 Å². The number of nitrogens with zero attached hydrogens (tertiary/aromatic N) is 1. The maximum Gasteiger partial charge on any atom is 0.408 e. The molecule has 0 radical (unpaired) electrons. The topological polar surface area (TPSA) is 88.5 Å². The van der Waals surface area contributed by atoms with E-state index in [0.29, 0.717) is 0 Å². The Bertz CT molecular complexity index is 494. The summed E-state index contributed by atoms with van der Waals surface area (Å²) in [5.41, 5.74) is 0.922. The number of amides is 1. The minimum atomic E-state index is -1.11. The quantitative estimate of drug-likeness (QED) is 0.879. The Morgan fingerprint density at radius 3 is 2.60 bits per heavy atom. The van der Waals surface area contributed by atoms with E-state index >= 15 is 0 Å². The highest BCUT2D eigenvalue weighted by atomic mass is 16.6. The zero-order chi connectivity index (χ0) is 15.3. The van der Waals surface area contributed by atoms with Gasteiger partial charge < -0.3 is 15.2 Å². The van der Waals surface area contributed by atoms with E-state index in [4.69, 9.17) is 9.84 Å². The van der Waals surface area contributed by atoms with Crippen LogP contribution in [0.25, 0.3) is 0 Å². The molecule has 0 bridgehead atoms. The van der Waals surface area contributed by atoms with Crippen LogP contribution in [0.15, 0.2) is 18.3 Å². The Hall–Kier alpha value is -2.11. The highest BCUT2D eigenvalue weighted by molar-refractivity contribution is 5.80. The van der Waals surface area contributed by atoms with E-state index in [0.717, 1.165) is 11.3 Å². The van der Waals surface area contributed by atoms with Crippen LogP contribution < -0.4 is 5.32 Å². The van der Waals surface area contributed by atoms with Crippen molar-refractivity contribution in [1.29, 1.82) is 0 Å². The van der Waals surface area contributed by atoms with Gasteiger partial charge in [0.1, 0.15) is 11.6 Å². The van der Waals surface area contributed by atoms with Crippen LogP contribution in [-0.4, -0.2) is 33.8 Å². The normalized spacial score (nSPS) is 12.6. The summed E-state index contributed by atoms with van der Waals surface area (Å²) in [4.78, 5) is 26.9. The van der Waals surface area contributed by atoms with Crippen molar-refractivity contribution in [2.24, 2.45) is 0 Å². The summed E-state index contributed by atoms with van der Waals surface area (Å²) in [6, 6.07) is 2.47. The molecule has 6 nitrogen and oxygen atoms in total. The molecule has 0 aliphatic heterocycles. The summed E-state index contributed by atoms with van der Waals surface area (Å²) < 4.78 is 5.05. The van der Waals surface area contributed by atoms with Gasteiger partial charge in [-0.1, -0.05) is 0 Å². The molecule has 20 heavy (non-hydrogen) atoms. The van der Waals surface area contributed by atoms with Crippen LogP contribution in [-0.2, 0) is 16.0 Å². The number of ether oxygens (including phenoxy) is 1. The summed E-state index contributed by atoms with van der Waals surface area (Å²) in [6.07, 6.45) is 1.05. The lowest BCUT2D eigenvalue weighted by Gasteiger charge is -2.22. The molecule has 0 aromatic carbocycles. The van der Waals surface area contributed by atoms with E-state index in [1.165, 1.54) is 0 Å². The van der Waals surface area contributed by atoms with Crippen molar-refractivity contribution < 1.29 is 19.4 Å². The summed E-state index contributed by atoms with van der Waals surface area (Å²) in [6.45, 7) is 6.97. The summed E-state index contributed by atoms with van der Waals surface area (Å²) in [5.74, 6) is -1.11. The number of carbonyl (C=O) groups is 2. The molecular weight excluding hydrogens is 260 g/mol. The van der Waals surface area contributed by atoms with Crippen molar-refractivity contribution in [3.8, 4) is 0 Å². The number of rotatable bonds is 4. The Kier molecular flexibility index (Phi) is 5.07. The Morgan fingerprint density at radius 2 is 2.10 bits per heavy atom. The van der Waals surface area contributed by atoms with E-state index in [1.54, 1.807) is 39.1 Å². The summed E-state index contributed by atoms with van der Waals surface area (Å²) >= 11 is 0. The van der Waals surface area contributed by atoms with Crippen molar-refractivity contribution in [3.05, 3.63) is 29.6 Å². The molecule has 1 atom stereocenters. The number of carboxylic acids is 1. The second-order valence-electron chi connectivity index (χ2n) is 5.55. The molecule has 0 spiro atoms. The van der Waals surface area contributed by atoms with E-state index in [1.807, 2.05) is 6.92 Å². The first-order valence-electron chi connectivity index (χ1n) is 6.31. The van der Waals surface area contributed by atoms with Crippen molar-refractivity contribution in [2.45, 2.75) is 45.8 Å². The van der Waals surface area contributed by atoms with Crippen LogP contribution in [0.2, 0.25) is 0 Å². The summed E-state index contributed by atoms with van der Waals surface area (Å²) in [7, 11) is 0. The Labute approximate surface area is 118 Å². The molecule has 1 unspecified atom stereocenters. The zero-order valence-electron chi connectivity index (χ0n) is 12.1.